The molecule has 7 nitrogen and oxygen atoms in total. The molecule has 35 heavy (non-hydrogen) atoms. The van der Waals surface area contributed by atoms with Crippen molar-refractivity contribution >= 4 is 28.4 Å². The Morgan fingerprint density at radius 1 is 0.943 bits per heavy atom. The van der Waals surface area contributed by atoms with Crippen LogP contribution in [0.25, 0.3) is 22.0 Å². The molecule has 1 saturated heterocycles. The number of hydrogen-bond acceptors (Lipinski definition) is 6. The first-order chi connectivity index (χ1) is 17.1. The molecular weight excluding hydrogens is 440 g/mol. The van der Waals surface area contributed by atoms with E-state index in [9.17, 15) is 9.90 Å². The van der Waals surface area contributed by atoms with E-state index >= 15 is 0 Å². The summed E-state index contributed by atoms with van der Waals surface area (Å²) in [5, 5.41) is 12.3. The van der Waals surface area contributed by atoms with Crippen LogP contribution in [0.4, 0.5) is 11.8 Å². The third kappa shape index (κ3) is 3.68. The second-order valence-electron chi connectivity index (χ2n) is 8.96. The topological polar surface area (TPSA) is 78.8 Å². The fourth-order valence-corrected chi connectivity index (χ4v) is 5.01. The second-order valence-corrected chi connectivity index (χ2v) is 8.96. The van der Waals surface area contributed by atoms with Crippen LogP contribution < -0.4 is 9.80 Å². The van der Waals surface area contributed by atoms with Gasteiger partial charge in [-0.3, -0.25) is 9.69 Å². The van der Waals surface area contributed by atoms with E-state index in [1.54, 1.807) is 11.0 Å². The minimum absolute atomic E-state index is 0.0641. The Morgan fingerprint density at radius 2 is 1.71 bits per heavy atom. The standard InChI is InChI=1S/C28H26N4O3/c1-18-20(9-5-11-24(18)33)25-23-12-13-32(26(23)30-28(29-25)31-14-16-35-17-15-31)27(34)22-10-4-7-19-6-2-3-8-21(19)22/h2-11,33H,12-17H2,1H3. The van der Waals surface area contributed by atoms with Gasteiger partial charge in [0.2, 0.25) is 5.95 Å². The number of aromatic hydroxyl groups is 1. The maximum atomic E-state index is 13.9. The van der Waals surface area contributed by atoms with Crippen molar-refractivity contribution in [3.8, 4) is 17.0 Å². The van der Waals surface area contributed by atoms with Gasteiger partial charge < -0.3 is 14.7 Å². The highest BCUT2D eigenvalue weighted by Crippen LogP contribution is 2.39. The maximum absolute atomic E-state index is 13.9. The van der Waals surface area contributed by atoms with Crippen molar-refractivity contribution < 1.29 is 14.6 Å². The van der Waals surface area contributed by atoms with Crippen molar-refractivity contribution in [1.29, 1.82) is 0 Å². The number of fused-ring (bicyclic) bond motifs is 2. The van der Waals surface area contributed by atoms with E-state index in [-0.39, 0.29) is 11.7 Å². The number of carbonyl (C=O) groups excluding carboxylic acids is 1. The predicted molar refractivity (Wildman–Crippen MR) is 136 cm³/mol. The Labute approximate surface area is 203 Å². The molecule has 1 aromatic heterocycles. The third-order valence-electron chi connectivity index (χ3n) is 6.93. The SMILES string of the molecule is Cc1c(O)cccc1-c1nc(N2CCOCC2)nc2c1CCN2C(=O)c1cccc2ccccc12. The van der Waals surface area contributed by atoms with Crippen LogP contribution in [0.15, 0.2) is 60.7 Å². The number of benzene rings is 3. The van der Waals surface area contributed by atoms with Crippen molar-refractivity contribution in [2.45, 2.75) is 13.3 Å². The van der Waals surface area contributed by atoms with E-state index in [4.69, 9.17) is 14.7 Å². The van der Waals surface area contributed by atoms with Crippen LogP contribution in [-0.4, -0.2) is 53.8 Å². The summed E-state index contributed by atoms with van der Waals surface area (Å²) in [6.07, 6.45) is 0.652. The highest BCUT2D eigenvalue weighted by atomic mass is 16.5. The van der Waals surface area contributed by atoms with Gasteiger partial charge in [-0.2, -0.15) is 4.98 Å². The average Bonchev–Trinajstić information content (AvgIpc) is 3.34. The molecule has 7 heteroatoms. The van der Waals surface area contributed by atoms with Gasteiger partial charge in [-0.1, -0.05) is 48.5 Å². The number of hydrogen-bond donors (Lipinski definition) is 1. The summed E-state index contributed by atoms with van der Waals surface area (Å²) in [6.45, 7) is 5.02. The molecule has 0 radical (unpaired) electrons. The monoisotopic (exact) mass is 466 g/mol. The number of anilines is 2. The molecule has 2 aliphatic heterocycles. The van der Waals surface area contributed by atoms with Crippen molar-refractivity contribution in [3.63, 3.8) is 0 Å². The Morgan fingerprint density at radius 3 is 2.57 bits per heavy atom. The molecule has 0 atom stereocenters. The highest BCUT2D eigenvalue weighted by molar-refractivity contribution is 6.14. The van der Waals surface area contributed by atoms with Crippen LogP contribution in [-0.2, 0) is 11.2 Å². The summed E-state index contributed by atoms with van der Waals surface area (Å²) in [6, 6.07) is 19.2. The number of ether oxygens (including phenoxy) is 1. The first-order valence-corrected chi connectivity index (χ1v) is 11.9. The summed E-state index contributed by atoms with van der Waals surface area (Å²) in [5.74, 6) is 1.40. The average molecular weight is 467 g/mol. The zero-order chi connectivity index (χ0) is 23.9. The van der Waals surface area contributed by atoms with E-state index in [2.05, 4.69) is 4.90 Å². The van der Waals surface area contributed by atoms with Crippen LogP contribution in [0.2, 0.25) is 0 Å². The molecule has 0 spiro atoms. The summed E-state index contributed by atoms with van der Waals surface area (Å²) in [4.78, 5) is 27.6. The largest absolute Gasteiger partial charge is 0.508 e. The fourth-order valence-electron chi connectivity index (χ4n) is 5.01. The first-order valence-electron chi connectivity index (χ1n) is 11.9. The van der Waals surface area contributed by atoms with Crippen molar-refractivity contribution in [1.82, 2.24) is 9.97 Å². The van der Waals surface area contributed by atoms with E-state index in [0.717, 1.165) is 33.2 Å². The quantitative estimate of drug-likeness (QED) is 0.484. The third-order valence-corrected chi connectivity index (χ3v) is 6.93. The van der Waals surface area contributed by atoms with E-state index in [0.29, 0.717) is 56.6 Å². The summed E-state index contributed by atoms with van der Waals surface area (Å²) in [5.41, 5.74) is 4.00. The number of phenols is 1. The molecule has 0 saturated carbocycles. The molecule has 1 N–H and O–H groups in total. The molecule has 3 aromatic carbocycles. The molecule has 176 valence electrons. The Balaban J connectivity index is 1.50. The summed E-state index contributed by atoms with van der Waals surface area (Å²) in [7, 11) is 0. The number of amides is 1. The molecular formula is C28H26N4O3. The molecule has 4 aromatic rings. The van der Waals surface area contributed by atoms with Gasteiger partial charge in [0, 0.05) is 41.9 Å². The molecule has 0 unspecified atom stereocenters. The molecule has 0 aliphatic carbocycles. The molecule has 3 heterocycles. The predicted octanol–water partition coefficient (Wildman–Crippen LogP) is 4.35. The van der Waals surface area contributed by atoms with Gasteiger partial charge in [-0.15, -0.1) is 0 Å². The lowest BCUT2D eigenvalue weighted by molar-refractivity contribution is 0.0990. The lowest BCUT2D eigenvalue weighted by Gasteiger charge is -2.28. The summed E-state index contributed by atoms with van der Waals surface area (Å²) < 4.78 is 5.53. The van der Waals surface area contributed by atoms with Gasteiger partial charge in [0.1, 0.15) is 11.6 Å². The maximum Gasteiger partial charge on any atom is 0.260 e. The first kappa shape index (κ1) is 21.6. The lowest BCUT2D eigenvalue weighted by Crippen LogP contribution is -2.38. The van der Waals surface area contributed by atoms with Gasteiger partial charge in [0.15, 0.2) is 0 Å². The molecule has 1 amide bonds. The normalized spacial score (nSPS) is 15.5. The van der Waals surface area contributed by atoms with Gasteiger partial charge in [0.25, 0.3) is 5.91 Å². The number of nitrogens with zero attached hydrogens (tertiary/aromatic N) is 4. The Kier molecular flexibility index (Phi) is 5.34. The second kappa shape index (κ2) is 8.67. The van der Waals surface area contributed by atoms with Crippen molar-refractivity contribution in [3.05, 3.63) is 77.4 Å². The van der Waals surface area contributed by atoms with Crippen LogP contribution in [0.1, 0.15) is 21.5 Å². The minimum atomic E-state index is -0.0641. The molecule has 1 fully saturated rings. The fraction of sp³-hybridized carbons (Fsp3) is 0.250. The highest BCUT2D eigenvalue weighted by Gasteiger charge is 2.33. The molecule has 2 aliphatic rings. The zero-order valence-electron chi connectivity index (χ0n) is 19.6. The zero-order valence-corrected chi connectivity index (χ0v) is 19.6. The number of carbonyl (C=O) groups is 1. The molecule has 0 bridgehead atoms. The number of rotatable bonds is 3. The van der Waals surface area contributed by atoms with Crippen LogP contribution in [0.3, 0.4) is 0 Å². The van der Waals surface area contributed by atoms with Crippen LogP contribution in [0, 0.1) is 6.92 Å². The smallest absolute Gasteiger partial charge is 0.260 e. The van der Waals surface area contributed by atoms with E-state index in [1.165, 1.54) is 0 Å². The Bertz CT molecular complexity index is 1440. The number of morpholine rings is 1. The number of phenolic OH excluding ortho intramolecular Hbond substituents is 1. The van der Waals surface area contributed by atoms with Crippen molar-refractivity contribution in [2.75, 3.05) is 42.6 Å². The minimum Gasteiger partial charge on any atom is -0.508 e. The number of aromatic nitrogens is 2. The lowest BCUT2D eigenvalue weighted by atomic mass is 10.00. The molecule has 6 rings (SSSR count). The van der Waals surface area contributed by atoms with Gasteiger partial charge in [-0.25, -0.2) is 4.98 Å². The Hall–Kier alpha value is -3.97. The van der Waals surface area contributed by atoms with Gasteiger partial charge >= 0.3 is 0 Å². The van der Waals surface area contributed by atoms with Gasteiger partial charge in [0.05, 0.1) is 18.9 Å². The van der Waals surface area contributed by atoms with Crippen LogP contribution in [0.5, 0.6) is 5.75 Å². The van der Waals surface area contributed by atoms with Crippen LogP contribution >= 0.6 is 0 Å². The van der Waals surface area contributed by atoms with Gasteiger partial charge in [-0.05, 0) is 36.2 Å². The summed E-state index contributed by atoms with van der Waals surface area (Å²) >= 11 is 0. The van der Waals surface area contributed by atoms with E-state index in [1.807, 2.05) is 61.5 Å². The van der Waals surface area contributed by atoms with E-state index < -0.39 is 0 Å². The van der Waals surface area contributed by atoms with Crippen molar-refractivity contribution in [2.24, 2.45) is 0 Å².